The number of hydrogen-bond acceptors (Lipinski definition) is 4. The number of benzene rings is 2. The quantitative estimate of drug-likeness (QED) is 0.581. The van der Waals surface area contributed by atoms with Crippen LogP contribution in [0.15, 0.2) is 79.3 Å². The van der Waals surface area contributed by atoms with Gasteiger partial charge in [0.25, 0.3) is 0 Å². The lowest BCUT2D eigenvalue weighted by Crippen LogP contribution is -2.24. The van der Waals surface area contributed by atoms with Crippen molar-refractivity contribution in [3.8, 4) is 17.0 Å². The molecule has 2 aromatic heterocycles. The lowest BCUT2D eigenvalue weighted by atomic mass is 10.1. The number of aliphatic hydroxyl groups excluding tert-OH is 1. The zero-order valence-electron chi connectivity index (χ0n) is 14.2. The topological polar surface area (TPSA) is 60.2 Å². The van der Waals surface area contributed by atoms with Crippen molar-refractivity contribution in [1.82, 2.24) is 14.8 Å². The van der Waals surface area contributed by atoms with E-state index in [2.05, 4.69) is 16.1 Å². The average Bonchev–Trinajstić information content (AvgIpc) is 3.15. The molecule has 5 heteroatoms. The van der Waals surface area contributed by atoms with Gasteiger partial charge in [-0.2, -0.15) is 5.10 Å². The summed E-state index contributed by atoms with van der Waals surface area (Å²) in [6, 6.07) is 19.8. The second-order valence-corrected chi connectivity index (χ2v) is 6.11. The summed E-state index contributed by atoms with van der Waals surface area (Å²) in [5.74, 6) is 0.748. The van der Waals surface area contributed by atoms with Gasteiger partial charge in [-0.1, -0.05) is 30.3 Å². The van der Waals surface area contributed by atoms with Crippen molar-refractivity contribution in [3.63, 3.8) is 0 Å². The van der Waals surface area contributed by atoms with Crippen LogP contribution in [0.25, 0.3) is 22.0 Å². The van der Waals surface area contributed by atoms with Gasteiger partial charge in [0.2, 0.25) is 0 Å². The fourth-order valence-corrected chi connectivity index (χ4v) is 2.95. The lowest BCUT2D eigenvalue weighted by molar-refractivity contribution is 0.0898. The first-order valence-corrected chi connectivity index (χ1v) is 8.51. The Hall–Kier alpha value is -3.18. The predicted molar refractivity (Wildman–Crippen MR) is 101 cm³/mol. The summed E-state index contributed by atoms with van der Waals surface area (Å²) in [5.41, 5.74) is 1.96. The van der Waals surface area contributed by atoms with Crippen LogP contribution in [0.5, 0.6) is 5.75 Å². The highest BCUT2D eigenvalue weighted by Crippen LogP contribution is 2.21. The second-order valence-electron chi connectivity index (χ2n) is 6.11. The first kappa shape index (κ1) is 16.3. The molecule has 0 saturated heterocycles. The molecule has 0 spiro atoms. The van der Waals surface area contributed by atoms with Crippen LogP contribution < -0.4 is 4.74 Å². The van der Waals surface area contributed by atoms with Crippen LogP contribution in [0.2, 0.25) is 0 Å². The third-order valence-corrected chi connectivity index (χ3v) is 4.24. The summed E-state index contributed by atoms with van der Waals surface area (Å²) in [6.07, 6.45) is 4.55. The van der Waals surface area contributed by atoms with Gasteiger partial charge >= 0.3 is 0 Å². The molecule has 0 radical (unpaired) electrons. The first-order valence-electron chi connectivity index (χ1n) is 8.51. The number of aromatic nitrogens is 3. The zero-order chi connectivity index (χ0) is 17.8. The maximum absolute atomic E-state index is 10.4. The predicted octanol–water partition coefficient (Wildman–Crippen LogP) is 3.54. The smallest absolute Gasteiger partial charge is 0.120 e. The van der Waals surface area contributed by atoms with E-state index in [1.165, 1.54) is 5.39 Å². The number of rotatable bonds is 6. The molecule has 2 aromatic carbocycles. The summed E-state index contributed by atoms with van der Waals surface area (Å²) < 4.78 is 7.55. The van der Waals surface area contributed by atoms with Gasteiger partial charge < -0.3 is 9.84 Å². The Kier molecular flexibility index (Phi) is 4.62. The summed E-state index contributed by atoms with van der Waals surface area (Å²) in [7, 11) is 0. The molecule has 1 N–H and O–H groups in total. The Morgan fingerprint density at radius 1 is 0.923 bits per heavy atom. The molecule has 0 saturated carbocycles. The number of fused-ring (bicyclic) bond motifs is 1. The first-order chi connectivity index (χ1) is 12.8. The highest BCUT2D eigenvalue weighted by molar-refractivity contribution is 5.83. The maximum atomic E-state index is 10.4. The summed E-state index contributed by atoms with van der Waals surface area (Å²) in [6.45, 7) is 0.562. The fourth-order valence-electron chi connectivity index (χ4n) is 2.95. The molecule has 130 valence electrons. The molecule has 0 fully saturated rings. The van der Waals surface area contributed by atoms with Gasteiger partial charge in [0.15, 0.2) is 0 Å². The van der Waals surface area contributed by atoms with E-state index >= 15 is 0 Å². The molecule has 26 heavy (non-hydrogen) atoms. The molecule has 2 heterocycles. The van der Waals surface area contributed by atoms with E-state index in [1.807, 2.05) is 54.6 Å². The molecule has 0 aliphatic rings. The summed E-state index contributed by atoms with van der Waals surface area (Å²) in [4.78, 5) is 4.03. The Morgan fingerprint density at radius 3 is 2.58 bits per heavy atom. The lowest BCUT2D eigenvalue weighted by Gasteiger charge is -2.15. The van der Waals surface area contributed by atoms with Crippen LogP contribution in [0.4, 0.5) is 0 Å². The third kappa shape index (κ3) is 3.58. The van der Waals surface area contributed by atoms with Crippen molar-refractivity contribution >= 4 is 10.8 Å². The Bertz CT molecular complexity index is 998. The zero-order valence-corrected chi connectivity index (χ0v) is 14.2. The minimum absolute atomic E-state index is 0.202. The van der Waals surface area contributed by atoms with E-state index < -0.39 is 6.10 Å². The Balaban J connectivity index is 1.41. The molecular weight excluding hydrogens is 326 g/mol. The van der Waals surface area contributed by atoms with Crippen LogP contribution in [0.1, 0.15) is 0 Å². The number of hydrogen-bond donors (Lipinski definition) is 1. The van der Waals surface area contributed by atoms with Crippen molar-refractivity contribution in [1.29, 1.82) is 0 Å². The summed E-state index contributed by atoms with van der Waals surface area (Å²) >= 11 is 0. The van der Waals surface area contributed by atoms with Gasteiger partial charge in [-0.25, -0.2) is 0 Å². The van der Waals surface area contributed by atoms with Crippen LogP contribution >= 0.6 is 0 Å². The van der Waals surface area contributed by atoms with E-state index in [-0.39, 0.29) is 6.61 Å². The monoisotopic (exact) mass is 345 g/mol. The SMILES string of the molecule is OC(COc1ccc2ccccc2c1)Cn1nccc1-c1ccncc1. The Labute approximate surface area is 151 Å². The molecule has 0 amide bonds. The van der Waals surface area contributed by atoms with E-state index in [4.69, 9.17) is 4.74 Å². The van der Waals surface area contributed by atoms with E-state index in [0.717, 1.165) is 22.4 Å². The number of aliphatic hydroxyl groups is 1. The van der Waals surface area contributed by atoms with Crippen molar-refractivity contribution in [2.75, 3.05) is 6.61 Å². The molecule has 0 aliphatic carbocycles. The van der Waals surface area contributed by atoms with Gasteiger partial charge in [0, 0.05) is 24.2 Å². The molecular formula is C21H19N3O2. The minimum atomic E-state index is -0.665. The van der Waals surface area contributed by atoms with Crippen LogP contribution in [-0.4, -0.2) is 32.6 Å². The largest absolute Gasteiger partial charge is 0.491 e. The van der Waals surface area contributed by atoms with Crippen molar-refractivity contribution in [2.24, 2.45) is 0 Å². The van der Waals surface area contributed by atoms with Crippen molar-refractivity contribution in [3.05, 3.63) is 79.3 Å². The fraction of sp³-hybridized carbons (Fsp3) is 0.143. The number of pyridine rings is 1. The van der Waals surface area contributed by atoms with Gasteiger partial charge in [0.1, 0.15) is 18.5 Å². The van der Waals surface area contributed by atoms with E-state index in [1.54, 1.807) is 23.3 Å². The van der Waals surface area contributed by atoms with Gasteiger partial charge in [-0.3, -0.25) is 9.67 Å². The van der Waals surface area contributed by atoms with E-state index in [0.29, 0.717) is 6.54 Å². The van der Waals surface area contributed by atoms with Gasteiger partial charge in [-0.15, -0.1) is 0 Å². The van der Waals surface area contributed by atoms with Crippen LogP contribution in [-0.2, 0) is 6.54 Å². The van der Waals surface area contributed by atoms with Gasteiger partial charge in [-0.05, 0) is 41.1 Å². The molecule has 1 unspecified atom stereocenters. The number of nitrogens with zero attached hydrogens (tertiary/aromatic N) is 3. The highest BCUT2D eigenvalue weighted by atomic mass is 16.5. The van der Waals surface area contributed by atoms with Gasteiger partial charge in [0.05, 0.1) is 12.2 Å². The molecule has 4 rings (SSSR count). The summed E-state index contributed by atoms with van der Waals surface area (Å²) in [5, 5.41) is 17.0. The average molecular weight is 345 g/mol. The Morgan fingerprint density at radius 2 is 1.73 bits per heavy atom. The molecule has 5 nitrogen and oxygen atoms in total. The molecule has 4 aromatic rings. The van der Waals surface area contributed by atoms with Crippen LogP contribution in [0, 0.1) is 0 Å². The molecule has 1 atom stereocenters. The standard InChI is InChI=1S/C21H19N3O2/c25-19(14-24-21(9-12-23-24)17-7-10-22-11-8-17)15-26-20-6-5-16-3-1-2-4-18(16)13-20/h1-13,19,25H,14-15H2. The normalized spacial score (nSPS) is 12.2. The highest BCUT2D eigenvalue weighted by Gasteiger charge is 2.11. The third-order valence-electron chi connectivity index (χ3n) is 4.24. The number of ether oxygens (including phenoxy) is 1. The van der Waals surface area contributed by atoms with E-state index in [9.17, 15) is 5.11 Å². The minimum Gasteiger partial charge on any atom is -0.491 e. The molecule has 0 aliphatic heterocycles. The second kappa shape index (κ2) is 7.37. The van der Waals surface area contributed by atoms with Crippen molar-refractivity contribution in [2.45, 2.75) is 12.6 Å². The molecule has 0 bridgehead atoms. The maximum Gasteiger partial charge on any atom is 0.120 e. The van der Waals surface area contributed by atoms with Crippen LogP contribution in [0.3, 0.4) is 0 Å². The van der Waals surface area contributed by atoms with Crippen molar-refractivity contribution < 1.29 is 9.84 Å².